The van der Waals surface area contributed by atoms with Gasteiger partial charge in [-0.05, 0) is 25.7 Å². The van der Waals surface area contributed by atoms with Crippen molar-refractivity contribution in [1.82, 2.24) is 4.90 Å². The molecule has 0 bridgehead atoms. The first-order chi connectivity index (χ1) is 8.05. The molecule has 1 rings (SSSR count). The first-order valence-corrected chi connectivity index (χ1v) is 6.18. The average Bonchev–Trinajstić information content (AvgIpc) is 2.35. The van der Waals surface area contributed by atoms with E-state index in [2.05, 4.69) is 6.58 Å². The van der Waals surface area contributed by atoms with Crippen LogP contribution in [0.5, 0.6) is 0 Å². The van der Waals surface area contributed by atoms with Crippen molar-refractivity contribution in [1.29, 1.82) is 0 Å². The van der Waals surface area contributed by atoms with Crippen LogP contribution < -0.4 is 0 Å². The van der Waals surface area contributed by atoms with Crippen LogP contribution in [0.1, 0.15) is 39.0 Å². The Kier molecular flexibility index (Phi) is 4.73. The Labute approximate surface area is 102 Å². The second kappa shape index (κ2) is 5.84. The molecule has 0 aromatic heterocycles. The van der Waals surface area contributed by atoms with Crippen LogP contribution in [0.15, 0.2) is 12.7 Å². The average molecular weight is 239 g/mol. The second-order valence-corrected chi connectivity index (χ2v) is 4.65. The molecule has 0 aromatic carbocycles. The molecule has 1 saturated heterocycles. The van der Waals surface area contributed by atoms with Crippen molar-refractivity contribution < 1.29 is 14.7 Å². The number of piperidine rings is 1. The van der Waals surface area contributed by atoms with Gasteiger partial charge in [-0.25, -0.2) is 0 Å². The summed E-state index contributed by atoms with van der Waals surface area (Å²) < 4.78 is 0. The van der Waals surface area contributed by atoms with Crippen molar-refractivity contribution in [2.45, 2.75) is 39.0 Å². The lowest BCUT2D eigenvalue weighted by molar-refractivity contribution is -0.154. The zero-order valence-electron chi connectivity index (χ0n) is 10.4. The van der Waals surface area contributed by atoms with Crippen molar-refractivity contribution in [2.24, 2.45) is 5.41 Å². The molecule has 1 N–H and O–H groups in total. The molecule has 0 saturated carbocycles. The van der Waals surface area contributed by atoms with Crippen LogP contribution in [-0.2, 0) is 9.59 Å². The number of carboxylic acids is 1. The summed E-state index contributed by atoms with van der Waals surface area (Å²) in [7, 11) is 0. The second-order valence-electron chi connectivity index (χ2n) is 4.65. The highest BCUT2D eigenvalue weighted by Gasteiger charge is 2.40. The van der Waals surface area contributed by atoms with E-state index in [4.69, 9.17) is 0 Å². The Bertz CT molecular complexity index is 304. The van der Waals surface area contributed by atoms with Gasteiger partial charge in [0.15, 0.2) is 0 Å². The Morgan fingerprint density at radius 2 is 2.00 bits per heavy atom. The summed E-state index contributed by atoms with van der Waals surface area (Å²) in [5.74, 6) is -0.613. The fourth-order valence-corrected chi connectivity index (χ4v) is 2.29. The lowest BCUT2D eigenvalue weighted by Gasteiger charge is -2.38. The minimum atomic E-state index is -0.724. The topological polar surface area (TPSA) is 57.6 Å². The SMILES string of the molecule is C=CCCC(=O)N1CCC(CC)(C(=O)O)CC1. The Morgan fingerprint density at radius 1 is 1.41 bits per heavy atom. The van der Waals surface area contributed by atoms with Crippen LogP contribution in [-0.4, -0.2) is 35.0 Å². The zero-order chi connectivity index (χ0) is 12.9. The summed E-state index contributed by atoms with van der Waals surface area (Å²) >= 11 is 0. The lowest BCUT2D eigenvalue weighted by atomic mass is 9.76. The van der Waals surface area contributed by atoms with Crippen molar-refractivity contribution in [2.75, 3.05) is 13.1 Å². The molecule has 4 nitrogen and oxygen atoms in total. The standard InChI is InChI=1S/C13H21NO3/c1-3-5-6-11(15)14-9-7-13(4-2,8-10-14)12(16)17/h3H,1,4-10H2,2H3,(H,16,17). The molecular formula is C13H21NO3. The summed E-state index contributed by atoms with van der Waals surface area (Å²) in [6, 6.07) is 0. The highest BCUT2D eigenvalue weighted by molar-refractivity contribution is 5.78. The third-order valence-electron chi connectivity index (χ3n) is 3.77. The van der Waals surface area contributed by atoms with E-state index in [-0.39, 0.29) is 5.91 Å². The quantitative estimate of drug-likeness (QED) is 0.747. The maximum atomic E-state index is 11.8. The van der Waals surface area contributed by atoms with E-state index in [1.54, 1.807) is 11.0 Å². The molecule has 1 amide bonds. The van der Waals surface area contributed by atoms with Crippen LogP contribution >= 0.6 is 0 Å². The third kappa shape index (κ3) is 3.08. The molecule has 0 unspecified atom stereocenters. The van der Waals surface area contributed by atoms with E-state index in [0.29, 0.717) is 45.2 Å². The van der Waals surface area contributed by atoms with Gasteiger partial charge in [0.05, 0.1) is 5.41 Å². The molecule has 0 aromatic rings. The summed E-state index contributed by atoms with van der Waals surface area (Å²) in [5.41, 5.74) is -0.616. The molecule has 17 heavy (non-hydrogen) atoms. The van der Waals surface area contributed by atoms with E-state index in [1.165, 1.54) is 0 Å². The predicted molar refractivity (Wildman–Crippen MR) is 65.6 cm³/mol. The van der Waals surface area contributed by atoms with E-state index >= 15 is 0 Å². The molecule has 1 fully saturated rings. The van der Waals surface area contributed by atoms with Crippen LogP contribution in [0, 0.1) is 5.41 Å². The molecule has 0 atom stereocenters. The number of allylic oxidation sites excluding steroid dienone is 1. The molecule has 1 heterocycles. The molecule has 4 heteroatoms. The number of amides is 1. The number of aliphatic carboxylic acids is 1. The van der Waals surface area contributed by atoms with Gasteiger partial charge in [0.1, 0.15) is 0 Å². The minimum absolute atomic E-state index is 0.111. The maximum Gasteiger partial charge on any atom is 0.309 e. The summed E-state index contributed by atoms with van der Waals surface area (Å²) in [5, 5.41) is 9.24. The molecule has 1 aliphatic rings. The maximum absolute atomic E-state index is 11.8. The van der Waals surface area contributed by atoms with Crippen LogP contribution in [0.2, 0.25) is 0 Å². The fraction of sp³-hybridized carbons (Fsp3) is 0.692. The molecule has 96 valence electrons. The molecule has 0 spiro atoms. The van der Waals surface area contributed by atoms with E-state index in [9.17, 15) is 14.7 Å². The molecule has 0 radical (unpaired) electrons. The van der Waals surface area contributed by atoms with Gasteiger partial charge in [-0.3, -0.25) is 9.59 Å². The van der Waals surface area contributed by atoms with Crippen LogP contribution in [0.3, 0.4) is 0 Å². The largest absolute Gasteiger partial charge is 0.481 e. The highest BCUT2D eigenvalue weighted by atomic mass is 16.4. The Balaban J connectivity index is 2.52. The van der Waals surface area contributed by atoms with Gasteiger partial charge in [-0.15, -0.1) is 6.58 Å². The lowest BCUT2D eigenvalue weighted by Crippen LogP contribution is -2.46. The number of carbonyl (C=O) groups is 2. The van der Waals surface area contributed by atoms with Crippen molar-refractivity contribution in [3.8, 4) is 0 Å². The van der Waals surface area contributed by atoms with Crippen LogP contribution in [0.25, 0.3) is 0 Å². The third-order valence-corrected chi connectivity index (χ3v) is 3.77. The summed E-state index contributed by atoms with van der Waals surface area (Å²) in [6.45, 7) is 6.63. The number of likely N-dealkylation sites (tertiary alicyclic amines) is 1. The summed E-state index contributed by atoms with van der Waals surface area (Å²) in [4.78, 5) is 24.8. The number of rotatable bonds is 5. The smallest absolute Gasteiger partial charge is 0.309 e. The Morgan fingerprint density at radius 3 is 2.41 bits per heavy atom. The summed E-state index contributed by atoms with van der Waals surface area (Å²) in [6.07, 6.45) is 4.67. The van der Waals surface area contributed by atoms with Gasteiger partial charge in [0.25, 0.3) is 0 Å². The number of carbonyl (C=O) groups excluding carboxylic acids is 1. The minimum Gasteiger partial charge on any atom is -0.481 e. The predicted octanol–water partition coefficient (Wildman–Crippen LogP) is 2.06. The Hall–Kier alpha value is -1.32. The van der Waals surface area contributed by atoms with Crippen molar-refractivity contribution in [3.05, 3.63) is 12.7 Å². The van der Waals surface area contributed by atoms with Crippen molar-refractivity contribution in [3.63, 3.8) is 0 Å². The van der Waals surface area contributed by atoms with Gasteiger partial charge in [-0.2, -0.15) is 0 Å². The zero-order valence-corrected chi connectivity index (χ0v) is 10.4. The molecular weight excluding hydrogens is 218 g/mol. The first-order valence-electron chi connectivity index (χ1n) is 6.18. The van der Waals surface area contributed by atoms with E-state index in [1.807, 2.05) is 6.92 Å². The number of carboxylic acid groups (broad SMARTS) is 1. The van der Waals surface area contributed by atoms with Gasteiger partial charge < -0.3 is 10.0 Å². The van der Waals surface area contributed by atoms with E-state index in [0.717, 1.165) is 0 Å². The number of hydrogen-bond donors (Lipinski definition) is 1. The van der Waals surface area contributed by atoms with Crippen molar-refractivity contribution >= 4 is 11.9 Å². The number of nitrogens with zero attached hydrogens (tertiary/aromatic N) is 1. The number of hydrogen-bond acceptors (Lipinski definition) is 2. The molecule has 1 aliphatic heterocycles. The van der Waals surface area contributed by atoms with Crippen LogP contribution in [0.4, 0.5) is 0 Å². The van der Waals surface area contributed by atoms with Gasteiger partial charge >= 0.3 is 5.97 Å². The van der Waals surface area contributed by atoms with Gasteiger partial charge in [0.2, 0.25) is 5.91 Å². The van der Waals surface area contributed by atoms with Gasteiger partial charge in [-0.1, -0.05) is 13.0 Å². The normalized spacial score (nSPS) is 18.8. The van der Waals surface area contributed by atoms with E-state index < -0.39 is 11.4 Å². The molecule has 0 aliphatic carbocycles. The fourth-order valence-electron chi connectivity index (χ4n) is 2.29. The highest BCUT2D eigenvalue weighted by Crippen LogP contribution is 2.35. The monoisotopic (exact) mass is 239 g/mol. The first kappa shape index (κ1) is 13.7. The van der Waals surface area contributed by atoms with Gasteiger partial charge in [0, 0.05) is 19.5 Å².